The maximum atomic E-state index is 12.1. The van der Waals surface area contributed by atoms with Crippen LogP contribution in [-0.2, 0) is 14.7 Å². The maximum Gasteiger partial charge on any atom is 0.425 e. The van der Waals surface area contributed by atoms with Crippen LogP contribution in [0.4, 0.5) is 13.2 Å². The van der Waals surface area contributed by atoms with Gasteiger partial charge in [0.25, 0.3) is 0 Å². The molecule has 124 valence electrons. The molecule has 0 aliphatic heterocycles. The molecule has 0 radical (unpaired) electrons. The van der Waals surface area contributed by atoms with E-state index in [-0.39, 0.29) is 16.6 Å². The van der Waals surface area contributed by atoms with Gasteiger partial charge in [0.1, 0.15) is 0 Å². The quantitative estimate of drug-likeness (QED) is 0.589. The zero-order valence-electron chi connectivity index (χ0n) is 12.5. The van der Waals surface area contributed by atoms with E-state index in [1.807, 2.05) is 13.8 Å². The second-order valence-corrected chi connectivity index (χ2v) is 7.23. The molecule has 22 heavy (non-hydrogen) atoms. The lowest BCUT2D eigenvalue weighted by atomic mass is 10.0. The molecule has 0 atom stereocenters. The highest BCUT2D eigenvalue weighted by atomic mass is 32.2. The first-order chi connectivity index (χ1) is 10.1. The third-order valence-corrected chi connectivity index (χ3v) is 4.66. The first-order valence-electron chi connectivity index (χ1n) is 6.65. The average molecular weight is 337 g/mol. The van der Waals surface area contributed by atoms with E-state index in [9.17, 15) is 21.6 Å². The Bertz CT molecular complexity index is 637. The molecule has 1 aromatic rings. The van der Waals surface area contributed by atoms with Crippen LogP contribution in [0.5, 0.6) is 0 Å². The Morgan fingerprint density at radius 2 is 1.95 bits per heavy atom. The van der Waals surface area contributed by atoms with Gasteiger partial charge in [0.2, 0.25) is 6.61 Å². The van der Waals surface area contributed by atoms with Crippen molar-refractivity contribution in [1.82, 2.24) is 0 Å². The second-order valence-electron chi connectivity index (χ2n) is 4.98. The molecule has 0 aliphatic carbocycles. The highest BCUT2D eigenvalue weighted by molar-refractivity contribution is 7.91. The van der Waals surface area contributed by atoms with Crippen molar-refractivity contribution in [1.29, 1.82) is 0 Å². The summed E-state index contributed by atoms with van der Waals surface area (Å²) in [5, 5.41) is 3.21. The summed E-state index contributed by atoms with van der Waals surface area (Å²) in [6.07, 6.45) is -3.40. The highest BCUT2D eigenvalue weighted by Crippen LogP contribution is 2.25. The highest BCUT2D eigenvalue weighted by Gasteiger charge is 2.28. The third-order valence-electron chi connectivity index (χ3n) is 2.88. The summed E-state index contributed by atoms with van der Waals surface area (Å²) in [5.41, 5.74) is 1.02. The van der Waals surface area contributed by atoms with Gasteiger partial charge in [-0.1, -0.05) is 38.1 Å². The van der Waals surface area contributed by atoms with Crippen molar-refractivity contribution in [3.05, 3.63) is 29.3 Å². The van der Waals surface area contributed by atoms with Gasteiger partial charge in [0.05, 0.1) is 16.9 Å². The van der Waals surface area contributed by atoms with Crippen LogP contribution in [0.2, 0.25) is 0 Å². The minimum atomic E-state index is -4.46. The third kappa shape index (κ3) is 5.32. The summed E-state index contributed by atoms with van der Waals surface area (Å²) in [6, 6.07) is 4.62. The van der Waals surface area contributed by atoms with Crippen LogP contribution in [0.1, 0.15) is 37.8 Å². The standard InChI is InChI=1S/C14H18F3NO3S/c1-4-22(19,20)13-7-11(5-6-12(13)10(2)3)8-18-21-9-14(15,16)17/h5-8,10H,4,9H2,1-3H3/b18-8+. The summed E-state index contributed by atoms with van der Waals surface area (Å²) in [7, 11) is -3.43. The Kier molecular flexibility index (Phi) is 5.99. The van der Waals surface area contributed by atoms with E-state index in [0.717, 1.165) is 6.21 Å². The van der Waals surface area contributed by atoms with E-state index >= 15 is 0 Å². The molecular formula is C14H18F3NO3S. The van der Waals surface area contributed by atoms with Crippen molar-refractivity contribution in [3.63, 3.8) is 0 Å². The molecule has 0 saturated carbocycles. The lowest BCUT2D eigenvalue weighted by Gasteiger charge is -2.13. The molecule has 1 rings (SSSR count). The minimum absolute atomic E-state index is 0.00351. The number of hydrogen-bond acceptors (Lipinski definition) is 4. The Morgan fingerprint density at radius 1 is 1.32 bits per heavy atom. The number of nitrogens with zero attached hydrogens (tertiary/aromatic N) is 1. The normalized spacial score (nSPS) is 13.0. The van der Waals surface area contributed by atoms with Crippen LogP contribution < -0.4 is 0 Å². The van der Waals surface area contributed by atoms with Gasteiger partial charge in [-0.25, -0.2) is 8.42 Å². The van der Waals surface area contributed by atoms with E-state index in [4.69, 9.17) is 0 Å². The Labute approximate surface area is 127 Å². The molecule has 0 aliphatic rings. The first kappa shape index (κ1) is 18.5. The predicted molar refractivity (Wildman–Crippen MR) is 77.9 cm³/mol. The summed E-state index contributed by atoms with van der Waals surface area (Å²) >= 11 is 0. The lowest BCUT2D eigenvalue weighted by Crippen LogP contribution is -2.14. The van der Waals surface area contributed by atoms with Gasteiger partial charge in [0.15, 0.2) is 9.84 Å². The van der Waals surface area contributed by atoms with Gasteiger partial charge in [-0.2, -0.15) is 13.2 Å². The van der Waals surface area contributed by atoms with E-state index in [0.29, 0.717) is 11.1 Å². The Hall–Kier alpha value is -1.57. The van der Waals surface area contributed by atoms with Crippen molar-refractivity contribution in [3.8, 4) is 0 Å². The largest absolute Gasteiger partial charge is 0.425 e. The van der Waals surface area contributed by atoms with Crippen molar-refractivity contribution >= 4 is 16.1 Å². The summed E-state index contributed by atoms with van der Waals surface area (Å²) in [5.74, 6) is -0.0541. The molecule has 0 heterocycles. The van der Waals surface area contributed by atoms with E-state index in [1.165, 1.54) is 13.0 Å². The van der Waals surface area contributed by atoms with Gasteiger partial charge in [-0.3, -0.25) is 0 Å². The molecule has 0 fully saturated rings. The fraction of sp³-hybridized carbons (Fsp3) is 0.500. The Morgan fingerprint density at radius 3 is 2.45 bits per heavy atom. The van der Waals surface area contributed by atoms with Crippen LogP contribution in [0.15, 0.2) is 28.3 Å². The van der Waals surface area contributed by atoms with Gasteiger partial charge in [-0.15, -0.1) is 0 Å². The van der Waals surface area contributed by atoms with Gasteiger partial charge in [-0.05, 0) is 23.1 Å². The molecule has 0 bridgehead atoms. The van der Waals surface area contributed by atoms with Crippen molar-refractivity contribution in [2.24, 2.45) is 5.16 Å². The molecule has 0 saturated heterocycles. The second kappa shape index (κ2) is 7.13. The zero-order valence-corrected chi connectivity index (χ0v) is 13.3. The van der Waals surface area contributed by atoms with E-state index < -0.39 is 22.6 Å². The average Bonchev–Trinajstić information content (AvgIpc) is 2.42. The number of rotatable bonds is 6. The number of benzene rings is 1. The van der Waals surface area contributed by atoms with Crippen LogP contribution in [-0.4, -0.2) is 33.2 Å². The SMILES string of the molecule is CCS(=O)(=O)c1cc(/C=N/OCC(F)(F)F)ccc1C(C)C. The molecular weight excluding hydrogens is 319 g/mol. The molecule has 8 heteroatoms. The molecule has 0 amide bonds. The van der Waals surface area contributed by atoms with Crippen LogP contribution in [0.3, 0.4) is 0 Å². The van der Waals surface area contributed by atoms with Crippen molar-refractivity contribution in [2.75, 3.05) is 12.4 Å². The molecule has 1 aromatic carbocycles. The number of oxime groups is 1. The predicted octanol–water partition coefficient (Wildman–Crippen LogP) is 3.52. The Balaban J connectivity index is 3.05. The van der Waals surface area contributed by atoms with E-state index in [1.54, 1.807) is 12.1 Å². The topological polar surface area (TPSA) is 55.7 Å². The van der Waals surface area contributed by atoms with Crippen LogP contribution >= 0.6 is 0 Å². The van der Waals surface area contributed by atoms with Crippen molar-refractivity contribution in [2.45, 2.75) is 37.8 Å². The lowest BCUT2D eigenvalue weighted by molar-refractivity contribution is -0.173. The first-order valence-corrected chi connectivity index (χ1v) is 8.31. The molecule has 0 spiro atoms. The molecule has 0 aromatic heterocycles. The number of halogens is 3. The van der Waals surface area contributed by atoms with Gasteiger partial charge in [0, 0.05) is 0 Å². The number of hydrogen-bond donors (Lipinski definition) is 0. The summed E-state index contributed by atoms with van der Waals surface area (Å²) in [4.78, 5) is 4.30. The zero-order chi connectivity index (χ0) is 17.0. The molecule has 4 nitrogen and oxygen atoms in total. The number of sulfone groups is 1. The monoisotopic (exact) mass is 337 g/mol. The fourth-order valence-corrected chi connectivity index (χ4v) is 3.03. The molecule has 0 unspecified atom stereocenters. The summed E-state index contributed by atoms with van der Waals surface area (Å²) in [6.45, 7) is 3.77. The van der Waals surface area contributed by atoms with Gasteiger partial charge >= 0.3 is 6.18 Å². The van der Waals surface area contributed by atoms with Crippen LogP contribution in [0.25, 0.3) is 0 Å². The van der Waals surface area contributed by atoms with Crippen molar-refractivity contribution < 1.29 is 26.4 Å². The fourth-order valence-electron chi connectivity index (χ4n) is 1.74. The maximum absolute atomic E-state index is 12.1. The smallest absolute Gasteiger partial charge is 0.386 e. The minimum Gasteiger partial charge on any atom is -0.386 e. The number of alkyl halides is 3. The summed E-state index contributed by atoms with van der Waals surface area (Å²) < 4.78 is 60.0. The van der Waals surface area contributed by atoms with E-state index in [2.05, 4.69) is 9.99 Å². The van der Waals surface area contributed by atoms with Gasteiger partial charge < -0.3 is 4.84 Å². The molecule has 0 N–H and O–H groups in total. The van der Waals surface area contributed by atoms with Crippen LogP contribution in [0, 0.1) is 0 Å².